The van der Waals surface area contributed by atoms with Crippen molar-refractivity contribution in [3.63, 3.8) is 0 Å². The predicted octanol–water partition coefficient (Wildman–Crippen LogP) is 4.93. The molecule has 27 heavy (non-hydrogen) atoms. The summed E-state index contributed by atoms with van der Waals surface area (Å²) in [6.07, 6.45) is 0. The van der Waals surface area contributed by atoms with Gasteiger partial charge in [-0.1, -0.05) is 58.4 Å². The lowest BCUT2D eigenvalue weighted by Gasteiger charge is -2.35. The molecule has 0 aliphatic carbocycles. The molecule has 1 saturated heterocycles. The monoisotopic (exact) mass is 424 g/mol. The van der Waals surface area contributed by atoms with Crippen LogP contribution < -0.4 is 4.74 Å². The summed E-state index contributed by atoms with van der Waals surface area (Å²) in [6.45, 7) is 6.32. The number of hydrogen-bond donors (Lipinski definition) is 0. The molecule has 3 aromatic rings. The number of rotatable bonds is 5. The highest BCUT2D eigenvalue weighted by molar-refractivity contribution is 9.10. The zero-order valence-corrected chi connectivity index (χ0v) is 17.3. The average molecular weight is 425 g/mol. The van der Waals surface area contributed by atoms with Crippen LogP contribution in [0, 0.1) is 0 Å². The van der Waals surface area contributed by atoms with Crippen LogP contribution in [0.2, 0.25) is 0 Å². The van der Waals surface area contributed by atoms with Crippen LogP contribution in [0.25, 0.3) is 10.8 Å². The molecule has 0 N–H and O–H groups in total. The molecule has 0 bridgehead atoms. The minimum Gasteiger partial charge on any atom is -0.496 e. The molecule has 4 heteroatoms. The van der Waals surface area contributed by atoms with Crippen molar-refractivity contribution in [3.8, 4) is 5.75 Å². The van der Waals surface area contributed by atoms with E-state index in [4.69, 9.17) is 4.74 Å². The summed E-state index contributed by atoms with van der Waals surface area (Å²) in [4.78, 5) is 5.08. The summed E-state index contributed by atoms with van der Waals surface area (Å²) < 4.78 is 6.63. The van der Waals surface area contributed by atoms with Crippen molar-refractivity contribution in [2.24, 2.45) is 0 Å². The molecular weight excluding hydrogens is 400 g/mol. The minimum atomic E-state index is 0.935. The Morgan fingerprint density at radius 1 is 0.815 bits per heavy atom. The van der Waals surface area contributed by atoms with Crippen molar-refractivity contribution in [2.45, 2.75) is 13.1 Å². The van der Waals surface area contributed by atoms with E-state index >= 15 is 0 Å². The molecular formula is C23H25BrN2O. The van der Waals surface area contributed by atoms with Crippen molar-refractivity contribution in [2.75, 3.05) is 33.3 Å². The fourth-order valence-electron chi connectivity index (χ4n) is 3.89. The maximum Gasteiger partial charge on any atom is 0.123 e. The molecule has 1 aliphatic heterocycles. The second-order valence-electron chi connectivity index (χ2n) is 7.15. The Hall–Kier alpha value is -1.88. The lowest BCUT2D eigenvalue weighted by atomic mass is 10.0. The third-order valence-corrected chi connectivity index (χ3v) is 5.87. The molecule has 0 unspecified atom stereocenters. The smallest absolute Gasteiger partial charge is 0.123 e. The Labute approximate surface area is 169 Å². The SMILES string of the molecule is COc1ccc(Br)cc1CN1CCN(Cc2cccc3ccccc23)CC1. The molecule has 1 fully saturated rings. The highest BCUT2D eigenvalue weighted by atomic mass is 79.9. The van der Waals surface area contributed by atoms with E-state index in [0.717, 1.165) is 49.5 Å². The van der Waals surface area contributed by atoms with E-state index in [9.17, 15) is 0 Å². The lowest BCUT2D eigenvalue weighted by Crippen LogP contribution is -2.45. The van der Waals surface area contributed by atoms with E-state index in [1.807, 2.05) is 12.1 Å². The van der Waals surface area contributed by atoms with Gasteiger partial charge in [-0.3, -0.25) is 9.80 Å². The van der Waals surface area contributed by atoms with Gasteiger partial charge in [-0.25, -0.2) is 0 Å². The van der Waals surface area contributed by atoms with Gasteiger partial charge in [0.15, 0.2) is 0 Å². The maximum atomic E-state index is 5.52. The Bertz CT molecular complexity index is 914. The summed E-state index contributed by atoms with van der Waals surface area (Å²) in [7, 11) is 1.74. The van der Waals surface area contributed by atoms with E-state index in [-0.39, 0.29) is 0 Å². The topological polar surface area (TPSA) is 15.7 Å². The summed E-state index contributed by atoms with van der Waals surface area (Å²) in [5.41, 5.74) is 2.67. The van der Waals surface area contributed by atoms with Crippen LogP contribution in [0.5, 0.6) is 5.75 Å². The first-order valence-electron chi connectivity index (χ1n) is 9.47. The second-order valence-corrected chi connectivity index (χ2v) is 8.06. The normalized spacial score (nSPS) is 15.9. The highest BCUT2D eigenvalue weighted by Gasteiger charge is 2.19. The van der Waals surface area contributed by atoms with Crippen molar-refractivity contribution in [1.29, 1.82) is 0 Å². The van der Waals surface area contributed by atoms with Crippen LogP contribution in [-0.2, 0) is 13.1 Å². The average Bonchev–Trinajstić information content (AvgIpc) is 2.70. The third kappa shape index (κ3) is 4.34. The number of benzene rings is 3. The second kappa shape index (κ2) is 8.42. The van der Waals surface area contributed by atoms with Crippen LogP contribution in [0.4, 0.5) is 0 Å². The molecule has 1 heterocycles. The van der Waals surface area contributed by atoms with Crippen LogP contribution >= 0.6 is 15.9 Å². The van der Waals surface area contributed by atoms with E-state index in [1.54, 1.807) is 7.11 Å². The summed E-state index contributed by atoms with van der Waals surface area (Å²) in [5, 5.41) is 2.71. The van der Waals surface area contributed by atoms with Gasteiger partial charge in [-0.05, 0) is 34.5 Å². The molecule has 0 amide bonds. The summed E-state index contributed by atoms with van der Waals surface area (Å²) >= 11 is 3.57. The largest absolute Gasteiger partial charge is 0.496 e. The van der Waals surface area contributed by atoms with E-state index < -0.39 is 0 Å². The molecule has 0 atom stereocenters. The molecule has 0 spiro atoms. The van der Waals surface area contributed by atoms with Gasteiger partial charge in [0.25, 0.3) is 0 Å². The third-order valence-electron chi connectivity index (χ3n) is 5.38. The van der Waals surface area contributed by atoms with E-state index in [0.29, 0.717) is 0 Å². The number of fused-ring (bicyclic) bond motifs is 1. The van der Waals surface area contributed by atoms with Crippen molar-refractivity contribution < 1.29 is 4.74 Å². The first-order valence-corrected chi connectivity index (χ1v) is 10.3. The summed E-state index contributed by atoms with van der Waals surface area (Å²) in [5.74, 6) is 0.969. The van der Waals surface area contributed by atoms with Crippen molar-refractivity contribution in [1.82, 2.24) is 9.80 Å². The first kappa shape index (κ1) is 18.5. The number of ether oxygens (including phenoxy) is 1. The van der Waals surface area contributed by atoms with Crippen LogP contribution in [0.15, 0.2) is 65.1 Å². The fourth-order valence-corrected chi connectivity index (χ4v) is 4.30. The molecule has 3 aromatic carbocycles. The molecule has 4 rings (SSSR count). The Balaban J connectivity index is 1.39. The standard InChI is InChI=1S/C23H25BrN2O/c1-27-23-10-9-21(24)15-20(23)17-26-13-11-25(12-14-26)16-19-7-4-6-18-5-2-3-8-22(18)19/h2-10,15H,11-14,16-17H2,1H3. The zero-order chi connectivity index (χ0) is 18.6. The minimum absolute atomic E-state index is 0.935. The molecule has 140 valence electrons. The Morgan fingerprint density at radius 3 is 2.22 bits per heavy atom. The highest BCUT2D eigenvalue weighted by Crippen LogP contribution is 2.25. The molecule has 0 radical (unpaired) electrons. The Kier molecular flexibility index (Phi) is 5.77. The number of methoxy groups -OCH3 is 1. The number of piperazine rings is 1. The quantitative estimate of drug-likeness (QED) is 0.577. The zero-order valence-electron chi connectivity index (χ0n) is 15.7. The van der Waals surface area contributed by atoms with Gasteiger partial charge in [0.1, 0.15) is 5.75 Å². The molecule has 1 aliphatic rings. The van der Waals surface area contributed by atoms with Crippen LogP contribution in [0.3, 0.4) is 0 Å². The number of halogens is 1. The van der Waals surface area contributed by atoms with Gasteiger partial charge < -0.3 is 4.74 Å². The van der Waals surface area contributed by atoms with Gasteiger partial charge in [-0.2, -0.15) is 0 Å². The van der Waals surface area contributed by atoms with Gasteiger partial charge >= 0.3 is 0 Å². The maximum absolute atomic E-state index is 5.52. The van der Waals surface area contributed by atoms with E-state index in [1.165, 1.54) is 21.9 Å². The van der Waals surface area contributed by atoms with Gasteiger partial charge in [0.05, 0.1) is 7.11 Å². The van der Waals surface area contributed by atoms with Crippen LogP contribution in [-0.4, -0.2) is 43.1 Å². The number of nitrogens with zero attached hydrogens (tertiary/aromatic N) is 2. The van der Waals surface area contributed by atoms with Crippen LogP contribution in [0.1, 0.15) is 11.1 Å². The van der Waals surface area contributed by atoms with Crippen molar-refractivity contribution >= 4 is 26.7 Å². The Morgan fingerprint density at radius 2 is 1.48 bits per heavy atom. The molecule has 0 saturated carbocycles. The van der Waals surface area contributed by atoms with Crippen molar-refractivity contribution in [3.05, 3.63) is 76.3 Å². The van der Waals surface area contributed by atoms with Gasteiger partial charge in [-0.15, -0.1) is 0 Å². The molecule has 3 nitrogen and oxygen atoms in total. The van der Waals surface area contributed by atoms with Gasteiger partial charge in [0.2, 0.25) is 0 Å². The predicted molar refractivity (Wildman–Crippen MR) is 115 cm³/mol. The molecule has 0 aromatic heterocycles. The van der Waals surface area contributed by atoms with E-state index in [2.05, 4.69) is 74.3 Å². The fraction of sp³-hybridized carbons (Fsp3) is 0.304. The number of hydrogen-bond acceptors (Lipinski definition) is 3. The summed E-state index contributed by atoms with van der Waals surface area (Å²) in [6, 6.07) is 21.6. The van der Waals surface area contributed by atoms with Gasteiger partial charge in [0, 0.05) is 49.3 Å². The lowest BCUT2D eigenvalue weighted by molar-refractivity contribution is 0.121. The first-order chi connectivity index (χ1) is 13.2.